The van der Waals surface area contributed by atoms with Crippen LogP contribution in [0.1, 0.15) is 69.9 Å². The van der Waals surface area contributed by atoms with Gasteiger partial charge < -0.3 is 24.2 Å². The Morgan fingerprint density at radius 2 is 1.42 bits per heavy atom. The second kappa shape index (κ2) is 20.2. The van der Waals surface area contributed by atoms with Crippen molar-refractivity contribution in [1.82, 2.24) is 0 Å². The van der Waals surface area contributed by atoms with Gasteiger partial charge in [0.15, 0.2) is 5.71 Å². The van der Waals surface area contributed by atoms with Crippen LogP contribution in [-0.4, -0.2) is 120 Å². The Morgan fingerprint density at radius 3 is 2.05 bits per heavy atom. The van der Waals surface area contributed by atoms with Gasteiger partial charge in [0.2, 0.25) is 5.69 Å². The first-order valence-corrected chi connectivity index (χ1v) is 23.6. The predicted octanol–water partition coefficient (Wildman–Crippen LogP) is 5.32. The molecule has 326 valence electrons. The van der Waals surface area contributed by atoms with E-state index in [-0.39, 0.29) is 29.1 Å². The third kappa shape index (κ3) is 12.2. The van der Waals surface area contributed by atoms with Gasteiger partial charge in [-0.15, -0.1) is 0 Å². The third-order valence-corrected chi connectivity index (χ3v) is 13.3. The molecule has 0 amide bonds. The van der Waals surface area contributed by atoms with Crippen LogP contribution in [0.3, 0.4) is 0 Å². The molecule has 0 aliphatic carbocycles. The summed E-state index contributed by atoms with van der Waals surface area (Å²) in [5, 5.41) is 9.13. The van der Waals surface area contributed by atoms with Gasteiger partial charge in [0.05, 0.1) is 40.8 Å². The summed E-state index contributed by atoms with van der Waals surface area (Å²) in [6.07, 6.45) is 11.4. The Labute approximate surface area is 347 Å². The van der Waals surface area contributed by atoms with Crippen molar-refractivity contribution < 1.29 is 67.6 Å². The first-order valence-electron chi connectivity index (χ1n) is 19.1. The lowest BCUT2D eigenvalue weighted by Crippen LogP contribution is -2.32. The summed E-state index contributed by atoms with van der Waals surface area (Å²) in [5.41, 5.74) is 2.34. The van der Waals surface area contributed by atoms with Crippen LogP contribution in [0.15, 0.2) is 82.3 Å². The van der Waals surface area contributed by atoms with Gasteiger partial charge in [-0.3, -0.25) is 18.5 Å². The van der Waals surface area contributed by atoms with Gasteiger partial charge in [-0.2, -0.15) is 29.8 Å². The van der Waals surface area contributed by atoms with E-state index in [9.17, 15) is 43.7 Å². The molecule has 0 radical (unpaired) electrons. The van der Waals surface area contributed by atoms with Crippen LogP contribution in [0.25, 0.3) is 0 Å². The highest BCUT2D eigenvalue weighted by molar-refractivity contribution is 7.86. The molecule has 0 fully saturated rings. The molecule has 2 aromatic carbocycles. The second-order valence-electron chi connectivity index (χ2n) is 14.9. The number of carboxylic acids is 1. The fourth-order valence-corrected chi connectivity index (χ4v) is 9.31. The van der Waals surface area contributed by atoms with Gasteiger partial charge in [-0.25, -0.2) is 0 Å². The largest absolute Gasteiger partial charge is 0.481 e. The number of aliphatic carboxylic acids is 1. The summed E-state index contributed by atoms with van der Waals surface area (Å²) in [6, 6.07) is 8.73. The van der Waals surface area contributed by atoms with Gasteiger partial charge in [0.1, 0.15) is 6.54 Å². The Kier molecular flexibility index (Phi) is 16.4. The van der Waals surface area contributed by atoms with E-state index in [1.807, 2.05) is 41.6 Å². The first kappa shape index (κ1) is 47.9. The molecular weight excluding hydrogens is 829 g/mol. The number of ether oxygens (including phenoxy) is 3. The highest BCUT2D eigenvalue weighted by Gasteiger charge is 2.48. The van der Waals surface area contributed by atoms with Gasteiger partial charge in [0.25, 0.3) is 30.4 Å². The minimum Gasteiger partial charge on any atom is -0.481 e. The van der Waals surface area contributed by atoms with E-state index < -0.39 is 52.9 Å². The summed E-state index contributed by atoms with van der Waals surface area (Å²) < 4.78 is 120. The van der Waals surface area contributed by atoms with E-state index in [0.717, 1.165) is 11.4 Å². The number of allylic oxidation sites excluding steroid dienone is 6. The second-order valence-corrected chi connectivity index (χ2v) is 19.3. The van der Waals surface area contributed by atoms with Crippen molar-refractivity contribution in [3.05, 3.63) is 83.6 Å². The summed E-state index contributed by atoms with van der Waals surface area (Å²) in [7, 11) is -10.3. The maximum Gasteiger partial charge on any atom is 0.303 e. The number of carbonyl (C=O) groups is 1. The molecule has 4 rings (SSSR count). The molecule has 19 heteroatoms. The van der Waals surface area contributed by atoms with E-state index in [1.54, 1.807) is 38.5 Å². The standard InChI is InChI=1S/C40H54N2O14S3/c1-39(19-11-27-57(45,46)47)32-28-30(58(48,49)50)15-17-34(32)41(21-10-6-9-14-38(43)44)36(39)12-7-5-8-13-37-40(2,20-23-56-26-25-55-4)33-29-31(59(51,52)53)16-18-35(33)42(37)22-24-54-3/h5,7-8,12-13,15-18,28-29H,6,9-11,14,19-27H2,1-4H3,(H3-,43,44,45,46,47,48,49,50,51,52,53)/p+1. The lowest BCUT2D eigenvalue weighted by atomic mass is 9.76. The topological polar surface area (TPSA) is 234 Å². The first-order chi connectivity index (χ1) is 27.7. The van der Waals surface area contributed by atoms with Gasteiger partial charge >= 0.3 is 5.97 Å². The highest BCUT2D eigenvalue weighted by Crippen LogP contribution is 2.51. The van der Waals surface area contributed by atoms with Crippen LogP contribution in [0.5, 0.6) is 0 Å². The number of hydrogen-bond donors (Lipinski definition) is 4. The number of benzene rings is 2. The van der Waals surface area contributed by atoms with Crippen LogP contribution < -0.4 is 4.90 Å². The molecular formula is C40H55N2O14S3+. The number of anilines is 1. The molecule has 0 saturated carbocycles. The average molecular weight is 884 g/mol. The molecule has 16 nitrogen and oxygen atoms in total. The summed E-state index contributed by atoms with van der Waals surface area (Å²) in [4.78, 5) is 12.6. The fraction of sp³-hybridized carbons (Fsp3) is 0.500. The number of nitrogens with zero attached hydrogens (tertiary/aromatic N) is 2. The molecule has 2 aliphatic heterocycles. The summed E-state index contributed by atoms with van der Waals surface area (Å²) in [5.74, 6) is -1.43. The smallest absolute Gasteiger partial charge is 0.303 e. The van der Waals surface area contributed by atoms with Crippen molar-refractivity contribution in [3.63, 3.8) is 0 Å². The van der Waals surface area contributed by atoms with Crippen molar-refractivity contribution in [2.45, 2.75) is 79.4 Å². The Morgan fingerprint density at radius 1 is 0.763 bits per heavy atom. The number of unbranched alkanes of at least 4 members (excludes halogenated alkanes) is 2. The molecule has 2 aromatic rings. The van der Waals surface area contributed by atoms with Crippen molar-refractivity contribution in [3.8, 4) is 0 Å². The molecule has 4 N–H and O–H groups in total. The van der Waals surface area contributed by atoms with E-state index in [1.165, 1.54) is 24.3 Å². The zero-order valence-corrected chi connectivity index (χ0v) is 36.2. The monoisotopic (exact) mass is 883 g/mol. The molecule has 2 aliphatic rings. The van der Waals surface area contributed by atoms with Crippen molar-refractivity contribution in [2.75, 3.05) is 64.4 Å². The summed E-state index contributed by atoms with van der Waals surface area (Å²) in [6.45, 7) is 6.07. The van der Waals surface area contributed by atoms with Crippen molar-refractivity contribution >= 4 is 53.4 Å². The van der Waals surface area contributed by atoms with Crippen LogP contribution in [0.4, 0.5) is 11.4 Å². The van der Waals surface area contributed by atoms with Crippen molar-refractivity contribution in [2.24, 2.45) is 0 Å². The Balaban J connectivity index is 1.80. The van der Waals surface area contributed by atoms with Gasteiger partial charge in [0, 0.05) is 74.7 Å². The maximum atomic E-state index is 12.3. The molecule has 59 heavy (non-hydrogen) atoms. The van der Waals surface area contributed by atoms with E-state index in [2.05, 4.69) is 0 Å². The Hall–Kier alpha value is -3.79. The van der Waals surface area contributed by atoms with Crippen LogP contribution >= 0.6 is 0 Å². The van der Waals surface area contributed by atoms with Crippen LogP contribution in [0, 0.1) is 0 Å². The number of carboxylic acid groups (broad SMARTS) is 1. The lowest BCUT2D eigenvalue weighted by Gasteiger charge is -2.30. The SMILES string of the molecule is COCCOCCC1(C)C(=CC=CC=CC2=[N+](CCCCCC(=O)O)c3ccc(S(=O)(=O)O)cc3C2(C)CCCS(=O)(=O)O)N(CCOC)c2ccc(S(=O)(=O)O)cc21. The zero-order chi connectivity index (χ0) is 43.6. The highest BCUT2D eigenvalue weighted by atomic mass is 32.2. The fourth-order valence-electron chi connectivity index (χ4n) is 7.78. The van der Waals surface area contributed by atoms with Crippen molar-refractivity contribution in [1.29, 1.82) is 0 Å². The van der Waals surface area contributed by atoms with E-state index in [4.69, 9.17) is 19.3 Å². The van der Waals surface area contributed by atoms with E-state index in [0.29, 0.717) is 87.7 Å². The minimum atomic E-state index is -4.60. The number of rotatable bonds is 24. The molecule has 2 heterocycles. The quantitative estimate of drug-likeness (QED) is 0.0452. The van der Waals surface area contributed by atoms with Crippen LogP contribution in [0.2, 0.25) is 0 Å². The molecule has 0 aromatic heterocycles. The molecule has 0 spiro atoms. The zero-order valence-electron chi connectivity index (χ0n) is 33.7. The molecule has 0 bridgehead atoms. The minimum absolute atomic E-state index is 0.00793. The average Bonchev–Trinajstić information content (AvgIpc) is 3.51. The lowest BCUT2D eigenvalue weighted by molar-refractivity contribution is -0.438. The third-order valence-electron chi connectivity index (χ3n) is 10.8. The molecule has 2 atom stereocenters. The number of methoxy groups -OCH3 is 2. The number of hydrogen-bond acceptors (Lipinski definition) is 11. The molecule has 2 unspecified atom stereocenters. The predicted molar refractivity (Wildman–Crippen MR) is 222 cm³/mol. The van der Waals surface area contributed by atoms with Gasteiger partial charge in [-0.05, 0) is 87.9 Å². The van der Waals surface area contributed by atoms with Gasteiger partial charge in [-0.1, -0.05) is 18.2 Å². The summed E-state index contributed by atoms with van der Waals surface area (Å²) >= 11 is 0. The van der Waals surface area contributed by atoms with E-state index >= 15 is 0 Å². The number of fused-ring (bicyclic) bond motifs is 2. The van der Waals surface area contributed by atoms with Crippen LogP contribution in [-0.2, 0) is 60.2 Å². The Bertz CT molecular complexity index is 2300. The maximum absolute atomic E-state index is 12.3. The normalized spacial score (nSPS) is 20.4. The molecule has 0 saturated heterocycles.